The highest BCUT2D eigenvalue weighted by Crippen LogP contribution is 2.26. The highest BCUT2D eigenvalue weighted by molar-refractivity contribution is 5.99. The lowest BCUT2D eigenvalue weighted by Gasteiger charge is -2.14. The van der Waals surface area contributed by atoms with Crippen LogP contribution in [0.4, 0.5) is 0 Å². The molecule has 5 heteroatoms. The van der Waals surface area contributed by atoms with Gasteiger partial charge in [-0.1, -0.05) is 12.1 Å². The van der Waals surface area contributed by atoms with Crippen molar-refractivity contribution in [3.05, 3.63) is 41.6 Å². The van der Waals surface area contributed by atoms with E-state index in [0.29, 0.717) is 11.1 Å². The molecule has 88 valence electrons. The molecule has 1 amide bonds. The van der Waals surface area contributed by atoms with Crippen molar-refractivity contribution in [2.45, 2.75) is 6.29 Å². The van der Waals surface area contributed by atoms with Crippen LogP contribution in [0.2, 0.25) is 0 Å². The standard InChI is InChI=1S/C12H12N2O3/c1-17-12(16)9-8(11(13)15)5-4-7-3-2-6-14-10(7)9/h2-6,12,16H,1H3,(H2,13,15). The molecule has 0 radical (unpaired) electrons. The van der Waals surface area contributed by atoms with Crippen LogP contribution in [0.25, 0.3) is 10.9 Å². The Labute approximate surface area is 97.8 Å². The number of nitrogens with two attached hydrogens (primary N) is 1. The van der Waals surface area contributed by atoms with Crippen LogP contribution < -0.4 is 5.73 Å². The Morgan fingerprint density at radius 2 is 2.24 bits per heavy atom. The van der Waals surface area contributed by atoms with Crippen molar-refractivity contribution in [2.75, 3.05) is 7.11 Å². The third-order valence-electron chi connectivity index (χ3n) is 2.55. The predicted molar refractivity (Wildman–Crippen MR) is 62.2 cm³/mol. The fourth-order valence-corrected chi connectivity index (χ4v) is 1.75. The first kappa shape index (κ1) is 11.5. The number of fused-ring (bicyclic) bond motifs is 1. The Bertz CT molecular complexity index is 569. The molecule has 0 aliphatic carbocycles. The Balaban J connectivity index is 2.79. The number of primary amides is 1. The molecular weight excluding hydrogens is 220 g/mol. The van der Waals surface area contributed by atoms with Crippen molar-refractivity contribution in [2.24, 2.45) is 5.73 Å². The fraction of sp³-hybridized carbons (Fsp3) is 0.167. The van der Waals surface area contributed by atoms with Gasteiger partial charge in [0.25, 0.3) is 0 Å². The summed E-state index contributed by atoms with van der Waals surface area (Å²) in [6, 6.07) is 6.90. The summed E-state index contributed by atoms with van der Waals surface area (Å²) < 4.78 is 4.84. The van der Waals surface area contributed by atoms with Crippen LogP contribution in [0.5, 0.6) is 0 Å². The van der Waals surface area contributed by atoms with Gasteiger partial charge >= 0.3 is 0 Å². The first-order valence-corrected chi connectivity index (χ1v) is 5.03. The number of aromatic nitrogens is 1. The second-order valence-corrected chi connectivity index (χ2v) is 3.55. The maximum absolute atomic E-state index is 11.3. The number of rotatable bonds is 3. The van der Waals surface area contributed by atoms with Crippen LogP contribution in [0.3, 0.4) is 0 Å². The highest BCUT2D eigenvalue weighted by atomic mass is 16.6. The van der Waals surface area contributed by atoms with E-state index in [0.717, 1.165) is 5.39 Å². The van der Waals surface area contributed by atoms with Crippen molar-refractivity contribution < 1.29 is 14.6 Å². The van der Waals surface area contributed by atoms with E-state index in [9.17, 15) is 9.90 Å². The summed E-state index contributed by atoms with van der Waals surface area (Å²) in [6.07, 6.45) is 0.356. The fourth-order valence-electron chi connectivity index (χ4n) is 1.75. The van der Waals surface area contributed by atoms with E-state index >= 15 is 0 Å². The molecule has 0 fully saturated rings. The summed E-state index contributed by atoms with van der Waals surface area (Å²) >= 11 is 0. The van der Waals surface area contributed by atoms with Crippen molar-refractivity contribution in [3.8, 4) is 0 Å². The number of hydrogen-bond donors (Lipinski definition) is 2. The van der Waals surface area contributed by atoms with Gasteiger partial charge in [-0.05, 0) is 12.1 Å². The number of hydrogen-bond acceptors (Lipinski definition) is 4. The van der Waals surface area contributed by atoms with Gasteiger partial charge in [0.15, 0.2) is 6.29 Å². The summed E-state index contributed by atoms with van der Waals surface area (Å²) in [4.78, 5) is 15.5. The largest absolute Gasteiger partial charge is 0.366 e. The molecular formula is C12H12N2O3. The van der Waals surface area contributed by atoms with Gasteiger partial charge in [0, 0.05) is 29.8 Å². The lowest BCUT2D eigenvalue weighted by molar-refractivity contribution is -0.0763. The zero-order chi connectivity index (χ0) is 12.4. The maximum Gasteiger partial charge on any atom is 0.249 e. The number of nitrogens with zero attached hydrogens (tertiary/aromatic N) is 1. The highest BCUT2D eigenvalue weighted by Gasteiger charge is 2.19. The Kier molecular flexibility index (Phi) is 3.03. The average Bonchev–Trinajstić information content (AvgIpc) is 2.36. The van der Waals surface area contributed by atoms with Gasteiger partial charge in [-0.3, -0.25) is 9.78 Å². The minimum atomic E-state index is -1.23. The third kappa shape index (κ3) is 1.98. The first-order valence-electron chi connectivity index (χ1n) is 5.03. The minimum Gasteiger partial charge on any atom is -0.366 e. The van der Waals surface area contributed by atoms with Gasteiger partial charge < -0.3 is 15.6 Å². The first-order chi connectivity index (χ1) is 8.15. The van der Waals surface area contributed by atoms with E-state index in [1.165, 1.54) is 7.11 Å². The number of ether oxygens (including phenoxy) is 1. The number of benzene rings is 1. The van der Waals surface area contributed by atoms with Crippen LogP contribution in [0, 0.1) is 0 Å². The van der Waals surface area contributed by atoms with Gasteiger partial charge in [0.2, 0.25) is 5.91 Å². The molecule has 1 atom stereocenters. The molecule has 3 N–H and O–H groups in total. The quantitative estimate of drug-likeness (QED) is 0.772. The van der Waals surface area contributed by atoms with Crippen molar-refractivity contribution in [1.82, 2.24) is 4.98 Å². The Morgan fingerprint density at radius 1 is 1.47 bits per heavy atom. The number of aliphatic hydroxyl groups excluding tert-OH is 1. The maximum atomic E-state index is 11.3. The molecule has 2 aromatic rings. The Morgan fingerprint density at radius 3 is 2.88 bits per heavy atom. The molecule has 1 unspecified atom stereocenters. The number of carbonyl (C=O) groups is 1. The summed E-state index contributed by atoms with van der Waals surface area (Å²) in [5, 5.41) is 10.6. The summed E-state index contributed by atoms with van der Waals surface area (Å²) in [6.45, 7) is 0. The molecule has 5 nitrogen and oxygen atoms in total. The summed E-state index contributed by atoms with van der Waals surface area (Å²) in [7, 11) is 1.34. The van der Waals surface area contributed by atoms with Gasteiger partial charge in [-0.25, -0.2) is 0 Å². The van der Waals surface area contributed by atoms with E-state index in [1.807, 2.05) is 6.07 Å². The van der Waals surface area contributed by atoms with Crippen LogP contribution in [0.1, 0.15) is 22.2 Å². The van der Waals surface area contributed by atoms with Crippen LogP contribution in [-0.2, 0) is 4.74 Å². The Hall–Kier alpha value is -1.98. The molecule has 2 rings (SSSR count). The van der Waals surface area contributed by atoms with Crippen molar-refractivity contribution in [1.29, 1.82) is 0 Å². The third-order valence-corrected chi connectivity index (χ3v) is 2.55. The van der Waals surface area contributed by atoms with Gasteiger partial charge in [-0.2, -0.15) is 0 Å². The SMILES string of the molecule is COC(O)c1c(C(N)=O)ccc2cccnc12. The predicted octanol–water partition coefficient (Wildman–Crippen LogP) is 0.971. The molecule has 1 aromatic carbocycles. The molecule has 1 heterocycles. The van der Waals surface area contributed by atoms with Gasteiger partial charge in [0.05, 0.1) is 5.52 Å². The second kappa shape index (κ2) is 4.48. The molecule has 0 spiro atoms. The lowest BCUT2D eigenvalue weighted by Crippen LogP contribution is -2.16. The van der Waals surface area contributed by atoms with E-state index in [2.05, 4.69) is 4.98 Å². The summed E-state index contributed by atoms with van der Waals surface area (Å²) in [5.74, 6) is -0.622. The molecule has 17 heavy (non-hydrogen) atoms. The smallest absolute Gasteiger partial charge is 0.249 e. The van der Waals surface area contributed by atoms with Crippen molar-refractivity contribution in [3.63, 3.8) is 0 Å². The number of amides is 1. The van der Waals surface area contributed by atoms with E-state index in [-0.39, 0.29) is 5.56 Å². The number of pyridine rings is 1. The number of methoxy groups -OCH3 is 1. The van der Waals surface area contributed by atoms with E-state index < -0.39 is 12.2 Å². The zero-order valence-electron chi connectivity index (χ0n) is 9.25. The normalized spacial score (nSPS) is 12.6. The average molecular weight is 232 g/mol. The molecule has 0 bridgehead atoms. The van der Waals surface area contributed by atoms with Crippen LogP contribution in [0.15, 0.2) is 30.5 Å². The van der Waals surface area contributed by atoms with Crippen molar-refractivity contribution >= 4 is 16.8 Å². The topological polar surface area (TPSA) is 85.4 Å². The van der Waals surface area contributed by atoms with Gasteiger partial charge in [0.1, 0.15) is 0 Å². The molecule has 0 saturated heterocycles. The van der Waals surface area contributed by atoms with Crippen LogP contribution >= 0.6 is 0 Å². The monoisotopic (exact) mass is 232 g/mol. The minimum absolute atomic E-state index is 0.213. The molecule has 1 aromatic heterocycles. The zero-order valence-corrected chi connectivity index (χ0v) is 9.25. The van der Waals surface area contributed by atoms with Crippen LogP contribution in [-0.4, -0.2) is 23.1 Å². The molecule has 0 aliphatic heterocycles. The number of carbonyl (C=O) groups excluding carboxylic acids is 1. The molecule has 0 saturated carbocycles. The van der Waals surface area contributed by atoms with E-state index in [4.69, 9.17) is 10.5 Å². The number of aliphatic hydroxyl groups is 1. The summed E-state index contributed by atoms with van der Waals surface area (Å²) in [5.41, 5.74) is 6.29. The second-order valence-electron chi connectivity index (χ2n) is 3.55. The van der Waals surface area contributed by atoms with E-state index in [1.54, 1.807) is 24.4 Å². The lowest BCUT2D eigenvalue weighted by atomic mass is 10.0. The van der Waals surface area contributed by atoms with Gasteiger partial charge in [-0.15, -0.1) is 0 Å². The molecule has 0 aliphatic rings.